The van der Waals surface area contributed by atoms with E-state index in [0.717, 1.165) is 19.1 Å². The molecular weight excluding hydrogens is 174 g/mol. The first-order valence-electron chi connectivity index (χ1n) is 6.20. The molecule has 2 unspecified atom stereocenters. The van der Waals surface area contributed by atoms with Crippen molar-refractivity contribution < 1.29 is 4.74 Å². The van der Waals surface area contributed by atoms with Gasteiger partial charge in [-0.05, 0) is 38.6 Å². The van der Waals surface area contributed by atoms with Gasteiger partial charge in [0, 0.05) is 18.1 Å². The smallest absolute Gasteiger partial charge is 0.0511 e. The van der Waals surface area contributed by atoms with Crippen molar-refractivity contribution in [3.05, 3.63) is 0 Å². The molecule has 0 radical (unpaired) electrons. The molecule has 0 amide bonds. The Morgan fingerprint density at radius 2 is 2.29 bits per heavy atom. The molecule has 2 saturated heterocycles. The molecule has 0 bridgehead atoms. The predicted molar refractivity (Wildman–Crippen MR) is 58.4 cm³/mol. The average molecular weight is 197 g/mol. The van der Waals surface area contributed by atoms with Crippen LogP contribution in [0.3, 0.4) is 0 Å². The molecule has 2 heterocycles. The van der Waals surface area contributed by atoms with E-state index in [9.17, 15) is 0 Å². The van der Waals surface area contributed by atoms with E-state index < -0.39 is 0 Å². The third-order valence-electron chi connectivity index (χ3n) is 4.10. The largest absolute Gasteiger partial charge is 0.381 e. The molecule has 0 saturated carbocycles. The first-order valence-corrected chi connectivity index (χ1v) is 6.20. The molecule has 2 nitrogen and oxygen atoms in total. The minimum atomic E-state index is 0.415. The van der Waals surface area contributed by atoms with Crippen LogP contribution >= 0.6 is 0 Å². The highest BCUT2D eigenvalue weighted by molar-refractivity contribution is 4.96. The average Bonchev–Trinajstić information content (AvgIpc) is 2.31. The summed E-state index contributed by atoms with van der Waals surface area (Å²) < 4.78 is 5.62. The van der Waals surface area contributed by atoms with Crippen molar-refractivity contribution in [3.63, 3.8) is 0 Å². The van der Waals surface area contributed by atoms with Gasteiger partial charge in [0.2, 0.25) is 0 Å². The second kappa shape index (κ2) is 4.63. The number of ether oxygens (including phenoxy) is 1. The van der Waals surface area contributed by atoms with Crippen LogP contribution in [-0.2, 0) is 4.74 Å². The summed E-state index contributed by atoms with van der Waals surface area (Å²) in [4.78, 5) is 0. The van der Waals surface area contributed by atoms with E-state index in [0.29, 0.717) is 5.54 Å². The monoisotopic (exact) mass is 197 g/mol. The Kier molecular flexibility index (Phi) is 3.45. The van der Waals surface area contributed by atoms with Crippen molar-refractivity contribution in [1.29, 1.82) is 0 Å². The van der Waals surface area contributed by atoms with Crippen LogP contribution < -0.4 is 5.32 Å². The summed E-state index contributed by atoms with van der Waals surface area (Å²) in [7, 11) is 0. The number of nitrogens with one attached hydrogen (secondary N) is 1. The van der Waals surface area contributed by atoms with Crippen LogP contribution in [0.15, 0.2) is 0 Å². The van der Waals surface area contributed by atoms with Gasteiger partial charge in [0.1, 0.15) is 0 Å². The van der Waals surface area contributed by atoms with E-state index >= 15 is 0 Å². The van der Waals surface area contributed by atoms with Gasteiger partial charge in [0.05, 0.1) is 6.61 Å². The highest BCUT2D eigenvalue weighted by Crippen LogP contribution is 2.35. The van der Waals surface area contributed by atoms with E-state index in [1.54, 1.807) is 0 Å². The van der Waals surface area contributed by atoms with Crippen LogP contribution in [0.25, 0.3) is 0 Å². The van der Waals surface area contributed by atoms with Crippen molar-refractivity contribution in [2.45, 2.75) is 51.0 Å². The molecular formula is C12H23NO. The van der Waals surface area contributed by atoms with Gasteiger partial charge < -0.3 is 10.1 Å². The Labute approximate surface area is 87.4 Å². The molecule has 2 aliphatic heterocycles. The van der Waals surface area contributed by atoms with E-state index in [2.05, 4.69) is 12.2 Å². The normalized spacial score (nSPS) is 39.6. The Bertz CT molecular complexity index is 169. The lowest BCUT2D eigenvalue weighted by molar-refractivity contribution is -0.000287. The van der Waals surface area contributed by atoms with Crippen molar-refractivity contribution in [2.24, 2.45) is 5.92 Å². The van der Waals surface area contributed by atoms with Crippen LogP contribution in [0.2, 0.25) is 0 Å². The van der Waals surface area contributed by atoms with Gasteiger partial charge in [-0.3, -0.25) is 0 Å². The first-order chi connectivity index (χ1) is 6.87. The number of piperidine rings is 1. The van der Waals surface area contributed by atoms with Crippen LogP contribution in [0.5, 0.6) is 0 Å². The second-order valence-electron chi connectivity index (χ2n) is 4.81. The maximum atomic E-state index is 5.62. The molecule has 0 aromatic heterocycles. The van der Waals surface area contributed by atoms with E-state index in [4.69, 9.17) is 4.74 Å². The molecule has 2 fully saturated rings. The second-order valence-corrected chi connectivity index (χ2v) is 4.81. The Balaban J connectivity index is 2.01. The Hall–Kier alpha value is -0.0800. The maximum absolute atomic E-state index is 5.62. The van der Waals surface area contributed by atoms with Crippen LogP contribution in [0.1, 0.15) is 45.4 Å². The molecule has 2 rings (SSSR count). The summed E-state index contributed by atoms with van der Waals surface area (Å²) in [5.74, 6) is 0.765. The third kappa shape index (κ3) is 1.96. The SMILES string of the molecule is CCC1(C2CCCOC2)CCCCN1. The van der Waals surface area contributed by atoms with Gasteiger partial charge in [-0.2, -0.15) is 0 Å². The van der Waals surface area contributed by atoms with E-state index in [1.807, 2.05) is 0 Å². The number of hydrogen-bond donors (Lipinski definition) is 1. The molecule has 0 aliphatic carbocycles. The van der Waals surface area contributed by atoms with Gasteiger partial charge in [-0.25, -0.2) is 0 Å². The molecule has 0 aromatic rings. The fraction of sp³-hybridized carbons (Fsp3) is 1.00. The molecule has 2 aliphatic rings. The summed E-state index contributed by atoms with van der Waals surface area (Å²) in [6.07, 6.45) is 8.00. The molecule has 0 spiro atoms. The van der Waals surface area contributed by atoms with Gasteiger partial charge in [0.25, 0.3) is 0 Å². The lowest BCUT2D eigenvalue weighted by atomic mass is 9.73. The molecule has 2 heteroatoms. The molecule has 2 atom stereocenters. The molecule has 14 heavy (non-hydrogen) atoms. The number of hydrogen-bond acceptors (Lipinski definition) is 2. The zero-order valence-corrected chi connectivity index (χ0v) is 9.35. The van der Waals surface area contributed by atoms with Crippen molar-refractivity contribution in [2.75, 3.05) is 19.8 Å². The standard InChI is InChI=1S/C12H23NO/c1-2-12(7-3-4-8-13-12)11-6-5-9-14-10-11/h11,13H,2-10H2,1H3. The molecule has 0 aromatic carbocycles. The van der Waals surface area contributed by atoms with Crippen molar-refractivity contribution >= 4 is 0 Å². The fourth-order valence-electron chi connectivity index (χ4n) is 3.11. The summed E-state index contributed by atoms with van der Waals surface area (Å²) in [5, 5.41) is 3.77. The Morgan fingerprint density at radius 1 is 1.36 bits per heavy atom. The summed E-state index contributed by atoms with van der Waals surface area (Å²) in [6, 6.07) is 0. The molecule has 82 valence electrons. The van der Waals surface area contributed by atoms with Crippen molar-refractivity contribution in [3.8, 4) is 0 Å². The lowest BCUT2D eigenvalue weighted by Gasteiger charge is -2.45. The lowest BCUT2D eigenvalue weighted by Crippen LogP contribution is -2.55. The summed E-state index contributed by atoms with van der Waals surface area (Å²) in [5.41, 5.74) is 0.415. The van der Waals surface area contributed by atoms with E-state index in [1.165, 1.54) is 45.1 Å². The fourth-order valence-corrected chi connectivity index (χ4v) is 3.11. The Morgan fingerprint density at radius 3 is 2.86 bits per heavy atom. The summed E-state index contributed by atoms with van der Waals surface area (Å²) in [6.45, 7) is 5.51. The van der Waals surface area contributed by atoms with Gasteiger partial charge >= 0.3 is 0 Å². The minimum absolute atomic E-state index is 0.415. The third-order valence-corrected chi connectivity index (χ3v) is 4.10. The van der Waals surface area contributed by atoms with Crippen molar-refractivity contribution in [1.82, 2.24) is 5.32 Å². The van der Waals surface area contributed by atoms with E-state index in [-0.39, 0.29) is 0 Å². The quantitative estimate of drug-likeness (QED) is 0.733. The predicted octanol–water partition coefficient (Wildman–Crippen LogP) is 2.34. The van der Waals surface area contributed by atoms with Crippen LogP contribution in [-0.4, -0.2) is 25.3 Å². The highest BCUT2D eigenvalue weighted by atomic mass is 16.5. The first kappa shape index (κ1) is 10.4. The zero-order valence-electron chi connectivity index (χ0n) is 9.35. The molecule has 1 N–H and O–H groups in total. The number of rotatable bonds is 2. The highest BCUT2D eigenvalue weighted by Gasteiger charge is 2.38. The van der Waals surface area contributed by atoms with Gasteiger partial charge in [0.15, 0.2) is 0 Å². The topological polar surface area (TPSA) is 21.3 Å². The maximum Gasteiger partial charge on any atom is 0.0511 e. The van der Waals surface area contributed by atoms with Crippen LogP contribution in [0.4, 0.5) is 0 Å². The van der Waals surface area contributed by atoms with Crippen LogP contribution in [0, 0.1) is 5.92 Å². The zero-order chi connectivity index (χ0) is 9.86. The van der Waals surface area contributed by atoms with Gasteiger partial charge in [-0.1, -0.05) is 13.3 Å². The summed E-state index contributed by atoms with van der Waals surface area (Å²) >= 11 is 0. The van der Waals surface area contributed by atoms with Gasteiger partial charge in [-0.15, -0.1) is 0 Å². The minimum Gasteiger partial charge on any atom is -0.381 e.